The largest absolute Gasteiger partial charge is 0.493 e. The molecule has 0 unspecified atom stereocenters. The number of hydrogen-bond acceptors (Lipinski definition) is 6. The van der Waals surface area contributed by atoms with Gasteiger partial charge in [-0.3, -0.25) is 0 Å². The van der Waals surface area contributed by atoms with Crippen LogP contribution in [0.4, 0.5) is 0 Å². The van der Waals surface area contributed by atoms with Gasteiger partial charge in [0, 0.05) is 19.6 Å². The van der Waals surface area contributed by atoms with Crippen molar-refractivity contribution in [3.8, 4) is 17.2 Å². The standard InChI is InChI=1S/C23H29NO5.ClH/c1-26-20-15-18(16-21(27-2)22(20)28-3)23(25)29-19-10-13-24(14-11-19)12-9-17-7-5-4-6-8-17;/h4-8,15-16,19H,9-14H2,1-3H3;1H. The molecule has 3 rings (SSSR count). The van der Waals surface area contributed by atoms with Gasteiger partial charge in [0.05, 0.1) is 26.9 Å². The number of hydrogen-bond donors (Lipinski definition) is 0. The van der Waals surface area contributed by atoms with Gasteiger partial charge in [0.1, 0.15) is 6.10 Å². The second-order valence-corrected chi connectivity index (χ2v) is 7.10. The first-order valence-corrected chi connectivity index (χ1v) is 9.92. The highest BCUT2D eigenvalue weighted by Gasteiger charge is 2.24. The van der Waals surface area contributed by atoms with E-state index in [1.165, 1.54) is 26.9 Å². The summed E-state index contributed by atoms with van der Waals surface area (Å²) in [6.07, 6.45) is 2.64. The molecular formula is C23H30ClNO5. The lowest BCUT2D eigenvalue weighted by molar-refractivity contribution is 0.0114. The number of carbonyl (C=O) groups excluding carboxylic acids is 1. The monoisotopic (exact) mass is 435 g/mol. The van der Waals surface area contributed by atoms with Crippen LogP contribution in [-0.4, -0.2) is 57.9 Å². The summed E-state index contributed by atoms with van der Waals surface area (Å²) in [5, 5.41) is 0. The number of ether oxygens (including phenoxy) is 4. The van der Waals surface area contributed by atoms with Gasteiger partial charge in [-0.2, -0.15) is 0 Å². The van der Waals surface area contributed by atoms with Crippen LogP contribution in [0.1, 0.15) is 28.8 Å². The smallest absolute Gasteiger partial charge is 0.338 e. The van der Waals surface area contributed by atoms with E-state index in [2.05, 4.69) is 29.2 Å². The van der Waals surface area contributed by atoms with Gasteiger partial charge >= 0.3 is 5.97 Å². The van der Waals surface area contributed by atoms with Crippen LogP contribution in [-0.2, 0) is 11.2 Å². The van der Waals surface area contributed by atoms with Gasteiger partial charge in [-0.1, -0.05) is 30.3 Å². The first-order valence-electron chi connectivity index (χ1n) is 9.92. The molecule has 0 bridgehead atoms. The van der Waals surface area contributed by atoms with Crippen LogP contribution in [0.25, 0.3) is 0 Å². The normalized spacial score (nSPS) is 14.5. The molecular weight excluding hydrogens is 406 g/mol. The van der Waals surface area contributed by atoms with Crippen LogP contribution in [0.5, 0.6) is 17.2 Å². The number of nitrogens with zero attached hydrogens (tertiary/aromatic N) is 1. The lowest BCUT2D eigenvalue weighted by Gasteiger charge is -2.31. The third-order valence-electron chi connectivity index (χ3n) is 5.27. The fourth-order valence-corrected chi connectivity index (χ4v) is 3.60. The number of carbonyl (C=O) groups is 1. The Hall–Kier alpha value is -2.44. The van der Waals surface area contributed by atoms with Gasteiger partial charge in [-0.25, -0.2) is 4.79 Å². The SMILES string of the molecule is COc1cc(C(=O)OC2CCN(CCc3ccccc3)CC2)cc(OC)c1OC.Cl. The first kappa shape index (κ1) is 23.8. The van der Waals surface area contributed by atoms with Gasteiger partial charge < -0.3 is 23.8 Å². The lowest BCUT2D eigenvalue weighted by Crippen LogP contribution is -2.38. The van der Waals surface area contributed by atoms with Crippen molar-refractivity contribution < 1.29 is 23.7 Å². The molecule has 1 heterocycles. The number of piperidine rings is 1. The quantitative estimate of drug-likeness (QED) is 0.584. The summed E-state index contributed by atoms with van der Waals surface area (Å²) in [7, 11) is 4.58. The van der Waals surface area contributed by atoms with Crippen molar-refractivity contribution in [2.75, 3.05) is 41.0 Å². The molecule has 0 saturated carbocycles. The highest BCUT2D eigenvalue weighted by Crippen LogP contribution is 2.38. The molecule has 0 aliphatic carbocycles. The predicted molar refractivity (Wildman–Crippen MR) is 118 cm³/mol. The Morgan fingerprint density at radius 2 is 1.57 bits per heavy atom. The van der Waals surface area contributed by atoms with E-state index in [1.54, 1.807) is 12.1 Å². The molecule has 1 saturated heterocycles. The number of halogens is 1. The number of rotatable bonds is 8. The van der Waals surface area contributed by atoms with Crippen molar-refractivity contribution >= 4 is 18.4 Å². The first-order chi connectivity index (χ1) is 14.1. The van der Waals surface area contributed by atoms with Crippen LogP contribution in [0.3, 0.4) is 0 Å². The molecule has 1 aliphatic heterocycles. The molecule has 0 amide bonds. The predicted octanol–water partition coefficient (Wildman–Crippen LogP) is 4.00. The van der Waals surface area contributed by atoms with E-state index >= 15 is 0 Å². The molecule has 7 heteroatoms. The van der Waals surface area contributed by atoms with Crippen molar-refractivity contribution in [3.05, 3.63) is 53.6 Å². The summed E-state index contributed by atoms with van der Waals surface area (Å²) < 4.78 is 21.7. The lowest BCUT2D eigenvalue weighted by atomic mass is 10.1. The van der Waals surface area contributed by atoms with Crippen LogP contribution in [0.2, 0.25) is 0 Å². The van der Waals surface area contributed by atoms with Crippen molar-refractivity contribution in [1.82, 2.24) is 4.90 Å². The maximum atomic E-state index is 12.7. The van der Waals surface area contributed by atoms with E-state index in [9.17, 15) is 4.79 Å². The minimum absolute atomic E-state index is 0. The molecule has 2 aromatic carbocycles. The Bertz CT molecular complexity index is 781. The van der Waals surface area contributed by atoms with Crippen LogP contribution < -0.4 is 14.2 Å². The summed E-state index contributed by atoms with van der Waals surface area (Å²) in [4.78, 5) is 15.1. The van der Waals surface area contributed by atoms with Gasteiger partial charge in [-0.05, 0) is 37.0 Å². The third kappa shape index (κ3) is 6.03. The van der Waals surface area contributed by atoms with E-state index < -0.39 is 0 Å². The number of esters is 1. The topological polar surface area (TPSA) is 57.2 Å². The molecule has 0 aromatic heterocycles. The molecule has 2 aromatic rings. The molecule has 30 heavy (non-hydrogen) atoms. The van der Waals surface area contributed by atoms with Crippen molar-refractivity contribution in [2.45, 2.75) is 25.4 Å². The minimum Gasteiger partial charge on any atom is -0.493 e. The fraction of sp³-hybridized carbons (Fsp3) is 0.435. The maximum absolute atomic E-state index is 12.7. The number of methoxy groups -OCH3 is 3. The average molecular weight is 436 g/mol. The zero-order valence-corrected chi connectivity index (χ0v) is 18.6. The van der Waals surface area contributed by atoms with Gasteiger partial charge in [0.25, 0.3) is 0 Å². The summed E-state index contributed by atoms with van der Waals surface area (Å²) in [6, 6.07) is 13.8. The average Bonchev–Trinajstić information content (AvgIpc) is 2.78. The zero-order chi connectivity index (χ0) is 20.6. The van der Waals surface area contributed by atoms with Crippen molar-refractivity contribution in [2.24, 2.45) is 0 Å². The number of benzene rings is 2. The number of likely N-dealkylation sites (tertiary alicyclic amines) is 1. The zero-order valence-electron chi connectivity index (χ0n) is 17.8. The molecule has 0 atom stereocenters. The van der Waals surface area contributed by atoms with E-state index in [0.29, 0.717) is 22.8 Å². The van der Waals surface area contributed by atoms with E-state index in [1.807, 2.05) is 6.07 Å². The molecule has 6 nitrogen and oxygen atoms in total. The Balaban J connectivity index is 0.00000320. The minimum atomic E-state index is -0.369. The van der Waals surface area contributed by atoms with E-state index in [-0.39, 0.29) is 24.5 Å². The molecule has 164 valence electrons. The Morgan fingerprint density at radius 3 is 2.10 bits per heavy atom. The van der Waals surface area contributed by atoms with Crippen LogP contribution in [0.15, 0.2) is 42.5 Å². The Morgan fingerprint density at radius 1 is 0.967 bits per heavy atom. The van der Waals surface area contributed by atoms with Crippen LogP contribution >= 0.6 is 12.4 Å². The fourth-order valence-electron chi connectivity index (χ4n) is 3.60. The molecule has 0 radical (unpaired) electrons. The summed E-state index contributed by atoms with van der Waals surface area (Å²) in [5.74, 6) is 0.967. The Labute approximate surface area is 184 Å². The van der Waals surface area contributed by atoms with Gasteiger partial charge in [0.2, 0.25) is 5.75 Å². The van der Waals surface area contributed by atoms with E-state index in [4.69, 9.17) is 18.9 Å². The van der Waals surface area contributed by atoms with Crippen LogP contribution in [0, 0.1) is 0 Å². The summed E-state index contributed by atoms with van der Waals surface area (Å²) >= 11 is 0. The molecule has 0 N–H and O–H groups in total. The Kier molecular flexibility index (Phi) is 9.27. The molecule has 1 aliphatic rings. The second-order valence-electron chi connectivity index (χ2n) is 7.10. The van der Waals surface area contributed by atoms with Crippen molar-refractivity contribution in [1.29, 1.82) is 0 Å². The second kappa shape index (κ2) is 11.7. The third-order valence-corrected chi connectivity index (χ3v) is 5.27. The van der Waals surface area contributed by atoms with Gasteiger partial charge in [-0.15, -0.1) is 12.4 Å². The summed E-state index contributed by atoms with van der Waals surface area (Å²) in [6.45, 7) is 2.89. The molecule has 0 spiro atoms. The van der Waals surface area contributed by atoms with E-state index in [0.717, 1.165) is 38.9 Å². The van der Waals surface area contributed by atoms with Gasteiger partial charge in [0.15, 0.2) is 11.5 Å². The summed E-state index contributed by atoms with van der Waals surface area (Å²) in [5.41, 5.74) is 1.74. The highest BCUT2D eigenvalue weighted by molar-refractivity contribution is 5.91. The maximum Gasteiger partial charge on any atom is 0.338 e. The highest BCUT2D eigenvalue weighted by atomic mass is 35.5. The van der Waals surface area contributed by atoms with Crippen molar-refractivity contribution in [3.63, 3.8) is 0 Å². The molecule has 1 fully saturated rings.